The number of β-lactam (4-membered cyclic amide) rings is 1. The summed E-state index contributed by atoms with van der Waals surface area (Å²) in [4.78, 5) is 38.4. The summed E-state index contributed by atoms with van der Waals surface area (Å²) in [6, 6.07) is 9.22. The van der Waals surface area contributed by atoms with Crippen molar-refractivity contribution >= 4 is 18.2 Å². The number of carbonyl (C=O) groups excluding carboxylic acids is 3. The van der Waals surface area contributed by atoms with Gasteiger partial charge in [0.2, 0.25) is 11.4 Å². The van der Waals surface area contributed by atoms with Gasteiger partial charge >= 0.3 is 5.97 Å². The predicted molar refractivity (Wildman–Crippen MR) is 98.0 cm³/mol. The number of fused-ring (bicyclic) bond motifs is 1. The summed E-state index contributed by atoms with van der Waals surface area (Å²) < 4.78 is 11.4. The lowest BCUT2D eigenvalue weighted by molar-refractivity contribution is -0.174. The standard InChI is InChI=1S/C21H21NO5/c1-3-8-16(13-23)19-21(11-4-2,22-17(24)12-18(22)27-19)20(25)26-14-15-9-6-5-7-10-15/h3-7,9-10,13,18H,1-2,8,11-12,14H2/b19-16-/t18-,21?/m1/s1. The molecule has 1 amide bonds. The molecule has 0 bridgehead atoms. The fourth-order valence-electron chi connectivity index (χ4n) is 3.49. The second-order valence-corrected chi connectivity index (χ2v) is 6.42. The van der Waals surface area contributed by atoms with E-state index in [9.17, 15) is 14.4 Å². The van der Waals surface area contributed by atoms with Crippen molar-refractivity contribution < 1.29 is 23.9 Å². The van der Waals surface area contributed by atoms with Crippen LogP contribution in [0.4, 0.5) is 0 Å². The molecule has 6 heteroatoms. The van der Waals surface area contributed by atoms with Gasteiger partial charge in [0.15, 0.2) is 6.23 Å². The number of ether oxygens (including phenoxy) is 2. The zero-order chi connectivity index (χ0) is 19.4. The quantitative estimate of drug-likeness (QED) is 0.232. The molecule has 2 aliphatic heterocycles. The number of benzene rings is 1. The highest BCUT2D eigenvalue weighted by atomic mass is 16.6. The normalized spacial score (nSPS) is 25.0. The van der Waals surface area contributed by atoms with Crippen molar-refractivity contribution in [2.75, 3.05) is 0 Å². The first-order valence-electron chi connectivity index (χ1n) is 8.69. The van der Waals surface area contributed by atoms with Crippen molar-refractivity contribution in [3.05, 3.63) is 72.5 Å². The minimum absolute atomic E-state index is 0.0520. The highest BCUT2D eigenvalue weighted by molar-refractivity contribution is 5.97. The van der Waals surface area contributed by atoms with Gasteiger partial charge in [0, 0.05) is 12.0 Å². The SMILES string of the molecule is C=CC/C(C=O)=C1/O[C@@H]2CC(=O)N2C1(CC=C)C(=O)OCc1ccccc1. The zero-order valence-electron chi connectivity index (χ0n) is 14.9. The van der Waals surface area contributed by atoms with Crippen molar-refractivity contribution in [3.63, 3.8) is 0 Å². The van der Waals surface area contributed by atoms with Crippen LogP contribution < -0.4 is 0 Å². The first-order valence-corrected chi connectivity index (χ1v) is 8.69. The lowest BCUT2D eigenvalue weighted by Crippen LogP contribution is -2.63. The molecule has 2 saturated heterocycles. The Morgan fingerprint density at radius 1 is 1.30 bits per heavy atom. The van der Waals surface area contributed by atoms with Gasteiger partial charge in [0.25, 0.3) is 0 Å². The van der Waals surface area contributed by atoms with Gasteiger partial charge in [-0.15, -0.1) is 13.2 Å². The highest BCUT2D eigenvalue weighted by Gasteiger charge is 2.65. The summed E-state index contributed by atoms with van der Waals surface area (Å²) in [5.74, 6) is -0.705. The summed E-state index contributed by atoms with van der Waals surface area (Å²) in [6.45, 7) is 7.40. The summed E-state index contributed by atoms with van der Waals surface area (Å²) in [7, 11) is 0. The monoisotopic (exact) mass is 367 g/mol. The van der Waals surface area contributed by atoms with E-state index >= 15 is 0 Å². The van der Waals surface area contributed by atoms with Crippen LogP contribution in [-0.4, -0.2) is 34.8 Å². The van der Waals surface area contributed by atoms with Crippen LogP contribution in [0.2, 0.25) is 0 Å². The number of carbonyl (C=O) groups is 3. The number of rotatable bonds is 8. The third-order valence-electron chi connectivity index (χ3n) is 4.74. The molecule has 2 aliphatic rings. The second-order valence-electron chi connectivity index (χ2n) is 6.42. The van der Waals surface area contributed by atoms with Gasteiger partial charge in [0.1, 0.15) is 18.7 Å². The third-order valence-corrected chi connectivity index (χ3v) is 4.74. The van der Waals surface area contributed by atoms with Crippen molar-refractivity contribution in [2.24, 2.45) is 0 Å². The molecule has 1 aromatic carbocycles. The van der Waals surface area contributed by atoms with E-state index in [2.05, 4.69) is 13.2 Å². The van der Waals surface area contributed by atoms with Gasteiger partial charge in [-0.2, -0.15) is 0 Å². The Morgan fingerprint density at radius 2 is 2.04 bits per heavy atom. The maximum Gasteiger partial charge on any atom is 0.340 e. The van der Waals surface area contributed by atoms with Crippen LogP contribution >= 0.6 is 0 Å². The molecule has 1 unspecified atom stereocenters. The molecule has 0 saturated carbocycles. The van der Waals surface area contributed by atoms with Crippen LogP contribution in [0.25, 0.3) is 0 Å². The van der Waals surface area contributed by atoms with Gasteiger partial charge in [-0.1, -0.05) is 42.5 Å². The Balaban J connectivity index is 2.00. The number of hydrogen-bond acceptors (Lipinski definition) is 5. The fourth-order valence-corrected chi connectivity index (χ4v) is 3.49. The van der Waals surface area contributed by atoms with Crippen LogP contribution in [0, 0.1) is 0 Å². The summed E-state index contributed by atoms with van der Waals surface area (Å²) in [6.07, 6.45) is 3.61. The molecule has 0 aromatic heterocycles. The third kappa shape index (κ3) is 3.07. The molecule has 0 radical (unpaired) electrons. The topological polar surface area (TPSA) is 72.9 Å². The number of allylic oxidation sites excluding steroid dienone is 2. The van der Waals surface area contributed by atoms with E-state index in [0.29, 0.717) is 6.29 Å². The first kappa shape index (κ1) is 18.6. The van der Waals surface area contributed by atoms with E-state index in [1.165, 1.54) is 11.0 Å². The zero-order valence-corrected chi connectivity index (χ0v) is 14.9. The maximum atomic E-state index is 13.2. The molecule has 1 aromatic rings. The highest BCUT2D eigenvalue weighted by Crippen LogP contribution is 2.48. The number of esters is 1. The molecule has 2 fully saturated rings. The Morgan fingerprint density at radius 3 is 2.63 bits per heavy atom. The lowest BCUT2D eigenvalue weighted by Gasteiger charge is -2.41. The number of amides is 1. The summed E-state index contributed by atoms with van der Waals surface area (Å²) >= 11 is 0. The van der Waals surface area contributed by atoms with Crippen molar-refractivity contribution in [1.29, 1.82) is 0 Å². The Hall–Kier alpha value is -3.15. The molecule has 0 N–H and O–H groups in total. The minimum Gasteiger partial charge on any atom is -0.471 e. The van der Waals surface area contributed by atoms with Gasteiger partial charge in [-0.3, -0.25) is 14.5 Å². The number of aldehydes is 1. The Kier molecular flexibility index (Phi) is 5.26. The summed E-state index contributed by atoms with van der Waals surface area (Å²) in [5, 5.41) is 0. The smallest absolute Gasteiger partial charge is 0.340 e. The van der Waals surface area contributed by atoms with Crippen LogP contribution in [0.5, 0.6) is 0 Å². The van der Waals surface area contributed by atoms with Crippen LogP contribution in [0.3, 0.4) is 0 Å². The maximum absolute atomic E-state index is 13.2. The molecule has 6 nitrogen and oxygen atoms in total. The fraction of sp³-hybridized carbons (Fsp3) is 0.286. The molecule has 27 heavy (non-hydrogen) atoms. The lowest BCUT2D eigenvalue weighted by atomic mass is 9.86. The second kappa shape index (κ2) is 7.61. The molecule has 140 valence electrons. The summed E-state index contributed by atoms with van der Waals surface area (Å²) in [5.41, 5.74) is -0.418. The van der Waals surface area contributed by atoms with E-state index in [0.717, 1.165) is 5.56 Å². The van der Waals surface area contributed by atoms with Gasteiger partial charge < -0.3 is 9.47 Å². The molecule has 0 spiro atoms. The molecular formula is C21H21NO5. The van der Waals surface area contributed by atoms with Gasteiger partial charge in [0.05, 0.1) is 6.42 Å². The average molecular weight is 367 g/mol. The Bertz CT molecular complexity index is 813. The van der Waals surface area contributed by atoms with Crippen LogP contribution in [0.15, 0.2) is 67.0 Å². The number of hydrogen-bond donors (Lipinski definition) is 0. The van der Waals surface area contributed by atoms with Crippen molar-refractivity contribution in [2.45, 2.75) is 37.6 Å². The number of nitrogens with zero attached hydrogens (tertiary/aromatic N) is 1. The molecular weight excluding hydrogens is 346 g/mol. The average Bonchev–Trinajstić information content (AvgIpc) is 2.94. The van der Waals surface area contributed by atoms with Gasteiger partial charge in [-0.05, 0) is 12.0 Å². The van der Waals surface area contributed by atoms with Crippen molar-refractivity contribution in [1.82, 2.24) is 4.90 Å². The molecule has 0 aliphatic carbocycles. The van der Waals surface area contributed by atoms with Crippen LogP contribution in [-0.2, 0) is 30.5 Å². The van der Waals surface area contributed by atoms with E-state index in [1.54, 1.807) is 6.08 Å². The molecule has 3 rings (SSSR count). The van der Waals surface area contributed by atoms with E-state index < -0.39 is 17.7 Å². The minimum atomic E-state index is -1.50. The predicted octanol–water partition coefficient (Wildman–Crippen LogP) is 2.66. The molecule has 2 heterocycles. The van der Waals surface area contributed by atoms with E-state index in [4.69, 9.17) is 9.47 Å². The Labute approximate surface area is 157 Å². The van der Waals surface area contributed by atoms with Crippen LogP contribution in [0.1, 0.15) is 24.8 Å². The molecule has 2 atom stereocenters. The first-order chi connectivity index (χ1) is 13.1. The van der Waals surface area contributed by atoms with E-state index in [1.807, 2.05) is 30.3 Å². The van der Waals surface area contributed by atoms with E-state index in [-0.39, 0.29) is 43.1 Å². The van der Waals surface area contributed by atoms with Crippen molar-refractivity contribution in [3.8, 4) is 0 Å². The largest absolute Gasteiger partial charge is 0.471 e. The van der Waals surface area contributed by atoms with Gasteiger partial charge in [-0.25, -0.2) is 4.79 Å².